The van der Waals surface area contributed by atoms with E-state index in [1.807, 2.05) is 26.0 Å². The molecule has 1 saturated carbocycles. The summed E-state index contributed by atoms with van der Waals surface area (Å²) in [6.45, 7) is 13.2. The van der Waals surface area contributed by atoms with Crippen molar-refractivity contribution in [3.05, 3.63) is 100 Å². The number of hydrogen-bond donors (Lipinski definition) is 0. The van der Waals surface area contributed by atoms with Crippen LogP contribution >= 0.6 is 0 Å². The normalized spacial score (nSPS) is 21.5. The van der Waals surface area contributed by atoms with Crippen molar-refractivity contribution in [2.45, 2.75) is 58.8 Å². The van der Waals surface area contributed by atoms with Gasteiger partial charge in [-0.1, -0.05) is 62.4 Å². The topological polar surface area (TPSA) is 39.4 Å². The molecule has 2 atom stereocenters. The van der Waals surface area contributed by atoms with Crippen LogP contribution in [0, 0.1) is 5.92 Å². The van der Waals surface area contributed by atoms with Crippen LogP contribution in [-0.2, 0) is 9.53 Å². The van der Waals surface area contributed by atoms with Gasteiger partial charge >= 0.3 is 5.97 Å². The van der Waals surface area contributed by atoms with Crippen LogP contribution in [0.5, 0.6) is 0 Å². The fourth-order valence-corrected chi connectivity index (χ4v) is 5.43. The first-order chi connectivity index (χ1) is 16.0. The highest BCUT2D eigenvalue weighted by Gasteiger charge is 2.44. The van der Waals surface area contributed by atoms with Crippen molar-refractivity contribution in [3.63, 3.8) is 0 Å². The maximum Gasteiger partial charge on any atom is 0.335 e. The number of ether oxygens (including phenoxy) is 1. The first-order valence-corrected chi connectivity index (χ1v) is 12.1. The molecule has 172 valence electrons. The fraction of sp³-hybridized carbons (Fsp3) is 0.367. The van der Waals surface area contributed by atoms with Gasteiger partial charge in [-0.25, -0.2) is 4.79 Å². The maximum atomic E-state index is 12.9. The van der Waals surface area contributed by atoms with Crippen LogP contribution in [0.3, 0.4) is 0 Å². The van der Waals surface area contributed by atoms with Crippen molar-refractivity contribution in [2.75, 3.05) is 6.61 Å². The molecule has 1 aromatic heterocycles. The summed E-state index contributed by atoms with van der Waals surface area (Å²) < 4.78 is 11.2. The Balaban J connectivity index is 1.68. The molecule has 3 heteroatoms. The second-order valence-corrected chi connectivity index (χ2v) is 9.06. The molecule has 1 aromatic carbocycles. The summed E-state index contributed by atoms with van der Waals surface area (Å²) in [5.41, 5.74) is 7.77. The van der Waals surface area contributed by atoms with Crippen molar-refractivity contribution in [2.24, 2.45) is 5.92 Å². The van der Waals surface area contributed by atoms with Crippen LogP contribution < -0.4 is 0 Å². The van der Waals surface area contributed by atoms with Gasteiger partial charge in [0, 0.05) is 5.92 Å². The Kier molecular flexibility index (Phi) is 6.88. The van der Waals surface area contributed by atoms with Crippen LogP contribution in [0.25, 0.3) is 6.08 Å². The summed E-state index contributed by atoms with van der Waals surface area (Å²) in [7, 11) is 0. The van der Waals surface area contributed by atoms with Crippen LogP contribution in [0.15, 0.2) is 87.6 Å². The lowest BCUT2D eigenvalue weighted by Gasteiger charge is -2.30. The van der Waals surface area contributed by atoms with E-state index in [4.69, 9.17) is 9.15 Å². The van der Waals surface area contributed by atoms with Crippen molar-refractivity contribution < 1.29 is 13.9 Å². The molecule has 2 aromatic rings. The third-order valence-corrected chi connectivity index (χ3v) is 7.13. The maximum absolute atomic E-state index is 12.9. The molecule has 4 rings (SSSR count). The zero-order chi connectivity index (χ0) is 23.5. The lowest BCUT2D eigenvalue weighted by molar-refractivity contribution is -0.139. The molecule has 2 unspecified atom stereocenters. The number of esters is 1. The molecule has 0 bridgehead atoms. The summed E-state index contributed by atoms with van der Waals surface area (Å²) in [6, 6.07) is 12.8. The number of furan rings is 1. The molecule has 0 radical (unpaired) electrons. The standard InChI is InChI=1S/C30H34O3/c1-6-22(7-2)23-13-11-21(12-14-23)17-24-18-25-16-19(4)27(30(31)32-8-3)29(28(25)20(24)5)26-10-9-15-33-26/h9-17,22,28-29H,5-8,18H2,1-4H3/b24-17-. The smallest absolute Gasteiger partial charge is 0.335 e. The molecule has 33 heavy (non-hydrogen) atoms. The third kappa shape index (κ3) is 4.42. The number of carbonyl (C=O) groups excluding carboxylic acids is 1. The van der Waals surface area contributed by atoms with Gasteiger partial charge < -0.3 is 9.15 Å². The lowest BCUT2D eigenvalue weighted by atomic mass is 9.73. The molecule has 0 amide bonds. The second kappa shape index (κ2) is 9.82. The molecule has 0 aliphatic heterocycles. The molecular formula is C30H34O3. The highest BCUT2D eigenvalue weighted by molar-refractivity contribution is 5.93. The van der Waals surface area contributed by atoms with Crippen molar-refractivity contribution in [1.82, 2.24) is 0 Å². The SMILES string of the molecule is C=C1/C(=C\c2ccc(C(CC)CC)cc2)CC2=CC(C)=C(C(=O)OCC)C(c3ccco3)C12. The largest absolute Gasteiger partial charge is 0.469 e. The van der Waals surface area contributed by atoms with Gasteiger partial charge in [0.25, 0.3) is 0 Å². The molecule has 1 fully saturated rings. The first kappa shape index (κ1) is 23.1. The zero-order valence-electron chi connectivity index (χ0n) is 20.2. The average molecular weight is 443 g/mol. The quantitative estimate of drug-likeness (QED) is 0.412. The molecular weight excluding hydrogens is 408 g/mol. The Morgan fingerprint density at radius 2 is 1.88 bits per heavy atom. The molecule has 2 aliphatic rings. The number of rotatable bonds is 7. The molecule has 0 N–H and O–H groups in total. The Morgan fingerprint density at radius 1 is 1.15 bits per heavy atom. The number of benzene rings is 1. The van der Waals surface area contributed by atoms with E-state index in [2.05, 4.69) is 56.8 Å². The zero-order valence-corrected chi connectivity index (χ0v) is 20.2. The van der Waals surface area contributed by atoms with E-state index in [0.717, 1.165) is 36.2 Å². The van der Waals surface area contributed by atoms with Gasteiger partial charge in [-0.05, 0) is 79.0 Å². The van der Waals surface area contributed by atoms with E-state index >= 15 is 0 Å². The number of fused-ring (bicyclic) bond motifs is 1. The van der Waals surface area contributed by atoms with Gasteiger partial charge in [-0.3, -0.25) is 0 Å². The number of carbonyl (C=O) groups is 1. The Bertz CT molecular complexity index is 1110. The van der Waals surface area contributed by atoms with Gasteiger partial charge in [-0.15, -0.1) is 0 Å². The Morgan fingerprint density at radius 3 is 2.48 bits per heavy atom. The summed E-state index contributed by atoms with van der Waals surface area (Å²) in [5.74, 6) is 0.925. The molecule has 3 nitrogen and oxygen atoms in total. The Labute approximate surface area is 197 Å². The predicted molar refractivity (Wildman–Crippen MR) is 134 cm³/mol. The van der Waals surface area contributed by atoms with E-state index in [0.29, 0.717) is 18.1 Å². The minimum Gasteiger partial charge on any atom is -0.469 e. The molecule has 1 heterocycles. The van der Waals surface area contributed by atoms with Crippen molar-refractivity contribution >= 4 is 12.0 Å². The van der Waals surface area contributed by atoms with E-state index in [1.165, 1.54) is 22.3 Å². The minimum absolute atomic E-state index is 0.00865. The van der Waals surface area contributed by atoms with Gasteiger partial charge in [0.1, 0.15) is 5.76 Å². The summed E-state index contributed by atoms with van der Waals surface area (Å²) in [6.07, 6.45) is 9.22. The van der Waals surface area contributed by atoms with Crippen LogP contribution in [0.2, 0.25) is 0 Å². The summed E-state index contributed by atoms with van der Waals surface area (Å²) in [5, 5.41) is 0. The fourth-order valence-electron chi connectivity index (χ4n) is 5.43. The molecule has 0 saturated heterocycles. The van der Waals surface area contributed by atoms with Crippen LogP contribution in [0.1, 0.15) is 75.7 Å². The van der Waals surface area contributed by atoms with Crippen molar-refractivity contribution in [1.29, 1.82) is 0 Å². The van der Waals surface area contributed by atoms with Crippen LogP contribution in [-0.4, -0.2) is 12.6 Å². The van der Waals surface area contributed by atoms with Gasteiger partial charge in [0.2, 0.25) is 0 Å². The Hall–Kier alpha value is -3.07. The summed E-state index contributed by atoms with van der Waals surface area (Å²) >= 11 is 0. The number of hydrogen-bond acceptors (Lipinski definition) is 3. The average Bonchev–Trinajstić information content (AvgIpc) is 3.44. The minimum atomic E-state index is -0.270. The summed E-state index contributed by atoms with van der Waals surface area (Å²) in [4.78, 5) is 12.9. The highest BCUT2D eigenvalue weighted by atomic mass is 16.5. The molecule has 0 spiro atoms. The second-order valence-electron chi connectivity index (χ2n) is 9.06. The van der Waals surface area contributed by atoms with E-state index in [1.54, 1.807) is 6.26 Å². The van der Waals surface area contributed by atoms with Crippen molar-refractivity contribution in [3.8, 4) is 0 Å². The van der Waals surface area contributed by atoms with Gasteiger partial charge in [0.05, 0.1) is 24.4 Å². The van der Waals surface area contributed by atoms with Crippen LogP contribution in [0.4, 0.5) is 0 Å². The van der Waals surface area contributed by atoms with Gasteiger partial charge in [-0.2, -0.15) is 0 Å². The molecule has 2 aliphatic carbocycles. The lowest BCUT2D eigenvalue weighted by Crippen LogP contribution is -2.25. The van der Waals surface area contributed by atoms with E-state index in [-0.39, 0.29) is 17.8 Å². The predicted octanol–water partition coefficient (Wildman–Crippen LogP) is 7.75. The number of allylic oxidation sites excluding steroid dienone is 5. The van der Waals surface area contributed by atoms with Gasteiger partial charge in [0.15, 0.2) is 0 Å². The third-order valence-electron chi connectivity index (χ3n) is 7.13. The van der Waals surface area contributed by atoms with E-state index in [9.17, 15) is 4.79 Å². The monoisotopic (exact) mass is 442 g/mol. The highest BCUT2D eigenvalue weighted by Crippen LogP contribution is 2.53. The first-order valence-electron chi connectivity index (χ1n) is 12.1. The van der Waals surface area contributed by atoms with E-state index < -0.39 is 0 Å².